The number of hydrogen-bond acceptors (Lipinski definition) is 6. The number of para-hydroxylation sites is 2. The quantitative estimate of drug-likeness (QED) is 0.208. The highest BCUT2D eigenvalue weighted by atomic mass is 32.2. The molecule has 4 aromatic carbocycles. The van der Waals surface area contributed by atoms with E-state index < -0.39 is 5.97 Å². The largest absolute Gasteiger partial charge is 0.507 e. The molecule has 5 nitrogen and oxygen atoms in total. The second kappa shape index (κ2) is 13.7. The van der Waals surface area contributed by atoms with E-state index in [4.69, 9.17) is 14.2 Å². The third kappa shape index (κ3) is 8.43. The van der Waals surface area contributed by atoms with Gasteiger partial charge in [0.15, 0.2) is 0 Å². The van der Waals surface area contributed by atoms with Gasteiger partial charge in [0.2, 0.25) is 0 Å². The molecule has 0 aliphatic carbocycles. The number of carbonyl (C=O) groups excluding carboxylic acids is 1. The van der Waals surface area contributed by atoms with Gasteiger partial charge in [-0.05, 0) is 86.6 Å². The van der Waals surface area contributed by atoms with Crippen LogP contribution in [0.3, 0.4) is 0 Å². The first-order chi connectivity index (χ1) is 17.1. The Hall–Kier alpha value is -3.90. The van der Waals surface area contributed by atoms with Crippen molar-refractivity contribution in [3.05, 3.63) is 109 Å². The van der Waals surface area contributed by atoms with Gasteiger partial charge in [-0.25, -0.2) is 4.79 Å². The molecular weight excluding hydrogens is 460 g/mol. The second-order valence-corrected chi connectivity index (χ2v) is 8.28. The van der Waals surface area contributed by atoms with Gasteiger partial charge < -0.3 is 19.3 Å². The lowest BCUT2D eigenvalue weighted by Gasteiger charge is -2.06. The smallest absolute Gasteiger partial charge is 0.347 e. The highest BCUT2D eigenvalue weighted by molar-refractivity contribution is 7.99. The van der Waals surface area contributed by atoms with Gasteiger partial charge in [-0.15, -0.1) is 0 Å². The van der Waals surface area contributed by atoms with Crippen molar-refractivity contribution in [1.29, 1.82) is 0 Å². The first kappa shape index (κ1) is 25.7. The molecule has 35 heavy (non-hydrogen) atoms. The van der Waals surface area contributed by atoms with E-state index in [0.29, 0.717) is 19.0 Å². The minimum absolute atomic E-state index is 0.0802. The van der Waals surface area contributed by atoms with Crippen molar-refractivity contribution in [2.24, 2.45) is 0 Å². The van der Waals surface area contributed by atoms with Crippen molar-refractivity contribution in [1.82, 2.24) is 0 Å². The van der Waals surface area contributed by atoms with Crippen LogP contribution in [-0.4, -0.2) is 24.3 Å². The number of ether oxygens (including phenoxy) is 3. The van der Waals surface area contributed by atoms with Crippen molar-refractivity contribution in [2.45, 2.75) is 23.6 Å². The summed E-state index contributed by atoms with van der Waals surface area (Å²) in [4.78, 5) is 14.1. The molecule has 0 aromatic heterocycles. The number of rotatable bonds is 8. The van der Waals surface area contributed by atoms with Gasteiger partial charge in [0.05, 0.1) is 13.2 Å². The minimum Gasteiger partial charge on any atom is -0.507 e. The molecule has 0 amide bonds. The van der Waals surface area contributed by atoms with Crippen LogP contribution < -0.4 is 14.2 Å². The van der Waals surface area contributed by atoms with Crippen LogP contribution in [-0.2, 0) is 0 Å². The van der Waals surface area contributed by atoms with E-state index in [-0.39, 0.29) is 11.3 Å². The molecular formula is C29H28O5S. The number of aromatic hydroxyl groups is 1. The van der Waals surface area contributed by atoms with E-state index >= 15 is 0 Å². The molecule has 0 aliphatic heterocycles. The van der Waals surface area contributed by atoms with Crippen LogP contribution in [0.25, 0.3) is 0 Å². The van der Waals surface area contributed by atoms with Crippen LogP contribution in [0, 0.1) is 0 Å². The average Bonchev–Trinajstić information content (AvgIpc) is 2.88. The molecule has 0 atom stereocenters. The third-order valence-electron chi connectivity index (χ3n) is 4.58. The van der Waals surface area contributed by atoms with Crippen LogP contribution in [0.15, 0.2) is 113 Å². The van der Waals surface area contributed by atoms with Crippen LogP contribution in [0.5, 0.6) is 23.0 Å². The Morgan fingerprint density at radius 1 is 0.657 bits per heavy atom. The van der Waals surface area contributed by atoms with Gasteiger partial charge in [0.1, 0.15) is 28.6 Å². The Bertz CT molecular complexity index is 1130. The second-order valence-electron chi connectivity index (χ2n) is 7.13. The number of carbonyl (C=O) groups is 1. The first-order valence-corrected chi connectivity index (χ1v) is 12.1. The fourth-order valence-corrected chi connectivity index (χ4v) is 3.79. The van der Waals surface area contributed by atoms with Crippen molar-refractivity contribution in [2.75, 3.05) is 13.2 Å². The van der Waals surface area contributed by atoms with Crippen LogP contribution in [0.1, 0.15) is 24.2 Å². The number of phenolic OH excluding ortho intramolecular Hbond substituents is 1. The zero-order valence-corrected chi connectivity index (χ0v) is 20.5. The van der Waals surface area contributed by atoms with Gasteiger partial charge in [-0.1, -0.05) is 42.1 Å². The van der Waals surface area contributed by atoms with Crippen molar-refractivity contribution >= 4 is 17.7 Å². The van der Waals surface area contributed by atoms with Gasteiger partial charge in [-0.3, -0.25) is 0 Å². The highest BCUT2D eigenvalue weighted by Gasteiger charge is 2.12. The van der Waals surface area contributed by atoms with Gasteiger partial charge >= 0.3 is 5.97 Å². The summed E-state index contributed by atoms with van der Waals surface area (Å²) in [5.41, 5.74) is 0.159. The molecule has 4 rings (SSSR count). The molecule has 4 aromatic rings. The molecule has 0 fully saturated rings. The number of benzene rings is 4. The Morgan fingerprint density at radius 3 is 1.63 bits per heavy atom. The Labute approximate surface area is 210 Å². The molecule has 6 heteroatoms. The lowest BCUT2D eigenvalue weighted by molar-refractivity contribution is 0.0731. The van der Waals surface area contributed by atoms with Crippen LogP contribution in [0.2, 0.25) is 0 Å². The van der Waals surface area contributed by atoms with Crippen molar-refractivity contribution in [3.8, 4) is 23.0 Å². The summed E-state index contributed by atoms with van der Waals surface area (Å²) in [6, 6.07) is 31.3. The highest BCUT2D eigenvalue weighted by Crippen LogP contribution is 2.30. The maximum Gasteiger partial charge on any atom is 0.347 e. The molecule has 1 N–H and O–H groups in total. The van der Waals surface area contributed by atoms with Gasteiger partial charge in [0.25, 0.3) is 0 Å². The standard InChI is InChI=1S/C16H18O2S.C13H10O3/c1-3-17-13-5-9-15(10-6-13)19-16-11-7-14(8-12-16)18-4-2;14-12-9-5-4-8-11(12)13(15)16-10-6-2-1-3-7-10/h5-12H,3-4H2,1-2H3;1-9,14H. The van der Waals surface area contributed by atoms with E-state index in [1.54, 1.807) is 48.2 Å². The normalized spacial score (nSPS) is 10.0. The van der Waals surface area contributed by atoms with Crippen LogP contribution >= 0.6 is 11.8 Å². The molecule has 180 valence electrons. The molecule has 0 unspecified atom stereocenters. The molecule has 0 bridgehead atoms. The predicted molar refractivity (Wildman–Crippen MR) is 139 cm³/mol. The summed E-state index contributed by atoms with van der Waals surface area (Å²) in [5.74, 6) is 1.64. The molecule has 0 radical (unpaired) electrons. The van der Waals surface area contributed by atoms with E-state index in [2.05, 4.69) is 24.3 Å². The van der Waals surface area contributed by atoms with Gasteiger partial charge in [0, 0.05) is 9.79 Å². The summed E-state index contributed by atoms with van der Waals surface area (Å²) in [7, 11) is 0. The fraction of sp³-hybridized carbons (Fsp3) is 0.138. The molecule has 0 spiro atoms. The van der Waals surface area contributed by atoms with Crippen molar-refractivity contribution < 1.29 is 24.1 Å². The Kier molecular flexibility index (Phi) is 10.1. The summed E-state index contributed by atoms with van der Waals surface area (Å²) in [6.45, 7) is 5.38. The topological polar surface area (TPSA) is 65.0 Å². The monoisotopic (exact) mass is 488 g/mol. The zero-order chi connectivity index (χ0) is 24.9. The first-order valence-electron chi connectivity index (χ1n) is 11.3. The number of phenols is 1. The third-order valence-corrected chi connectivity index (χ3v) is 5.60. The van der Waals surface area contributed by atoms with E-state index in [1.165, 1.54) is 21.9 Å². The lowest BCUT2D eigenvalue weighted by Crippen LogP contribution is -2.08. The van der Waals surface area contributed by atoms with E-state index in [9.17, 15) is 9.90 Å². The Balaban J connectivity index is 0.000000198. The zero-order valence-electron chi connectivity index (χ0n) is 19.7. The Morgan fingerprint density at radius 2 is 1.14 bits per heavy atom. The van der Waals surface area contributed by atoms with E-state index in [0.717, 1.165) is 11.5 Å². The van der Waals surface area contributed by atoms with Crippen molar-refractivity contribution in [3.63, 3.8) is 0 Å². The van der Waals surface area contributed by atoms with Crippen LogP contribution in [0.4, 0.5) is 0 Å². The maximum atomic E-state index is 11.7. The summed E-state index contributed by atoms with van der Waals surface area (Å²) in [6.07, 6.45) is 0. The molecule has 0 saturated heterocycles. The SMILES string of the molecule is CCOc1ccc(Sc2ccc(OCC)cc2)cc1.O=C(Oc1ccccc1)c1ccccc1O. The molecule has 0 aliphatic rings. The van der Waals surface area contributed by atoms with Gasteiger partial charge in [-0.2, -0.15) is 0 Å². The predicted octanol–water partition coefficient (Wildman–Crippen LogP) is 7.25. The average molecular weight is 489 g/mol. The summed E-state index contributed by atoms with van der Waals surface area (Å²) >= 11 is 1.73. The number of esters is 1. The lowest BCUT2D eigenvalue weighted by atomic mass is 10.2. The minimum atomic E-state index is -0.565. The maximum absolute atomic E-state index is 11.7. The molecule has 0 heterocycles. The number of hydrogen-bond donors (Lipinski definition) is 1. The molecule has 0 saturated carbocycles. The summed E-state index contributed by atoms with van der Waals surface area (Å²) in [5, 5.41) is 9.46. The summed E-state index contributed by atoms with van der Waals surface area (Å²) < 4.78 is 15.9. The van der Waals surface area contributed by atoms with E-state index in [1.807, 2.05) is 44.2 Å². The fourth-order valence-electron chi connectivity index (χ4n) is 2.97.